The first-order valence-corrected chi connectivity index (χ1v) is 8.27. The maximum atomic E-state index is 12.7. The van der Waals surface area contributed by atoms with Crippen molar-refractivity contribution in [3.63, 3.8) is 0 Å². The highest BCUT2D eigenvalue weighted by atomic mass is 35.5. The molecule has 0 atom stereocenters. The second-order valence-electron chi connectivity index (χ2n) is 5.80. The van der Waals surface area contributed by atoms with Gasteiger partial charge in [0, 0.05) is 17.0 Å². The summed E-state index contributed by atoms with van der Waals surface area (Å²) in [5.74, 6) is -1.71. The van der Waals surface area contributed by atoms with Gasteiger partial charge in [-0.05, 0) is 35.9 Å². The van der Waals surface area contributed by atoms with Gasteiger partial charge in [0.05, 0.1) is 0 Å². The first-order valence-electron chi connectivity index (χ1n) is 7.89. The predicted molar refractivity (Wildman–Crippen MR) is 101 cm³/mol. The molecule has 3 aromatic rings. The lowest BCUT2D eigenvalue weighted by molar-refractivity contribution is -0.137. The number of aliphatic carboxylic acids is 1. The fraction of sp³-hybridized carbons (Fsp3) is 0.111. The highest BCUT2D eigenvalue weighted by Crippen LogP contribution is 2.14. The molecule has 1 aromatic carbocycles. The number of nitrogen functional groups attached to an aromatic ring is 1. The SMILES string of the molecule is Nc1ccc2cc(C(=O)NCc3ccc(Cl)cc3)c(=O)n(CC(=O)O)c2n1. The Balaban J connectivity index is 1.97. The summed E-state index contributed by atoms with van der Waals surface area (Å²) in [6.07, 6.45) is 0. The zero-order valence-corrected chi connectivity index (χ0v) is 14.7. The van der Waals surface area contributed by atoms with Crippen LogP contribution in [0.3, 0.4) is 0 Å². The van der Waals surface area contributed by atoms with Gasteiger partial charge in [-0.25, -0.2) is 4.98 Å². The number of anilines is 1. The lowest BCUT2D eigenvalue weighted by Crippen LogP contribution is -2.34. The van der Waals surface area contributed by atoms with Gasteiger partial charge >= 0.3 is 5.97 Å². The first-order chi connectivity index (χ1) is 12.8. The molecule has 1 amide bonds. The number of hydrogen-bond donors (Lipinski definition) is 3. The number of pyridine rings is 2. The van der Waals surface area contributed by atoms with Crippen LogP contribution in [-0.2, 0) is 17.9 Å². The van der Waals surface area contributed by atoms with Gasteiger partial charge in [0.2, 0.25) is 0 Å². The van der Waals surface area contributed by atoms with Crippen molar-refractivity contribution >= 4 is 40.3 Å². The molecule has 0 saturated heterocycles. The van der Waals surface area contributed by atoms with Crippen LogP contribution in [0.25, 0.3) is 11.0 Å². The van der Waals surface area contributed by atoms with E-state index >= 15 is 0 Å². The minimum atomic E-state index is -1.23. The summed E-state index contributed by atoms with van der Waals surface area (Å²) in [6, 6.07) is 11.3. The number of carbonyl (C=O) groups excluding carboxylic acids is 1. The molecule has 8 nitrogen and oxygen atoms in total. The summed E-state index contributed by atoms with van der Waals surface area (Å²) in [5, 5.41) is 12.7. The van der Waals surface area contributed by atoms with Crippen LogP contribution in [0, 0.1) is 0 Å². The third-order valence-corrected chi connectivity index (χ3v) is 4.11. The Morgan fingerprint density at radius 2 is 1.89 bits per heavy atom. The van der Waals surface area contributed by atoms with Gasteiger partial charge in [0.1, 0.15) is 23.6 Å². The van der Waals surface area contributed by atoms with E-state index in [-0.39, 0.29) is 23.6 Å². The normalized spacial score (nSPS) is 10.7. The van der Waals surface area contributed by atoms with E-state index < -0.39 is 24.0 Å². The smallest absolute Gasteiger partial charge is 0.323 e. The van der Waals surface area contributed by atoms with Crippen LogP contribution in [0.2, 0.25) is 5.02 Å². The number of halogens is 1. The van der Waals surface area contributed by atoms with Crippen LogP contribution in [0.5, 0.6) is 0 Å². The van der Waals surface area contributed by atoms with Crippen LogP contribution >= 0.6 is 11.6 Å². The molecule has 2 aromatic heterocycles. The second kappa shape index (κ2) is 7.46. The molecular formula is C18H15ClN4O4. The van der Waals surface area contributed by atoms with Crippen molar-refractivity contribution in [2.24, 2.45) is 0 Å². The van der Waals surface area contributed by atoms with Gasteiger partial charge < -0.3 is 16.2 Å². The lowest BCUT2D eigenvalue weighted by Gasteiger charge is -2.11. The Hall–Kier alpha value is -3.39. The maximum Gasteiger partial charge on any atom is 0.323 e. The average molecular weight is 387 g/mol. The monoisotopic (exact) mass is 386 g/mol. The van der Waals surface area contributed by atoms with Crippen molar-refractivity contribution in [1.29, 1.82) is 0 Å². The molecular weight excluding hydrogens is 372 g/mol. The fourth-order valence-corrected chi connectivity index (χ4v) is 2.71. The van der Waals surface area contributed by atoms with E-state index in [4.69, 9.17) is 22.4 Å². The molecule has 0 spiro atoms. The number of carboxylic acids is 1. The van der Waals surface area contributed by atoms with Crippen molar-refractivity contribution in [2.45, 2.75) is 13.1 Å². The van der Waals surface area contributed by atoms with Crippen molar-refractivity contribution in [1.82, 2.24) is 14.9 Å². The third-order valence-electron chi connectivity index (χ3n) is 3.86. The zero-order valence-electron chi connectivity index (χ0n) is 14.0. The number of nitrogens with two attached hydrogens (primary N) is 1. The van der Waals surface area contributed by atoms with E-state index in [2.05, 4.69) is 10.3 Å². The van der Waals surface area contributed by atoms with Crippen LogP contribution in [0.1, 0.15) is 15.9 Å². The number of fused-ring (bicyclic) bond motifs is 1. The lowest BCUT2D eigenvalue weighted by atomic mass is 10.1. The van der Waals surface area contributed by atoms with Gasteiger partial charge in [-0.1, -0.05) is 23.7 Å². The number of amides is 1. The third kappa shape index (κ3) is 4.06. The molecule has 0 aliphatic rings. The predicted octanol–water partition coefficient (Wildman–Crippen LogP) is 1.65. The van der Waals surface area contributed by atoms with Crippen LogP contribution in [0.15, 0.2) is 47.3 Å². The molecule has 0 bridgehead atoms. The average Bonchev–Trinajstić information content (AvgIpc) is 2.63. The minimum Gasteiger partial charge on any atom is -0.480 e. The molecule has 0 saturated carbocycles. The van der Waals surface area contributed by atoms with Gasteiger partial charge in [0.15, 0.2) is 0 Å². The zero-order chi connectivity index (χ0) is 19.6. The molecule has 138 valence electrons. The number of carboxylic acid groups (broad SMARTS) is 1. The maximum absolute atomic E-state index is 12.7. The van der Waals surface area contributed by atoms with Gasteiger partial charge in [-0.3, -0.25) is 19.0 Å². The van der Waals surface area contributed by atoms with Gasteiger partial charge in [0.25, 0.3) is 11.5 Å². The molecule has 3 rings (SSSR count). The topological polar surface area (TPSA) is 127 Å². The number of benzene rings is 1. The fourth-order valence-electron chi connectivity index (χ4n) is 2.59. The highest BCUT2D eigenvalue weighted by molar-refractivity contribution is 6.30. The first kappa shape index (κ1) is 18.4. The van der Waals surface area contributed by atoms with E-state index in [1.807, 2.05) is 0 Å². The van der Waals surface area contributed by atoms with E-state index in [0.29, 0.717) is 10.4 Å². The summed E-state index contributed by atoms with van der Waals surface area (Å²) in [7, 11) is 0. The molecule has 0 radical (unpaired) electrons. The quantitative estimate of drug-likeness (QED) is 0.611. The molecule has 4 N–H and O–H groups in total. The number of nitrogens with zero attached hydrogens (tertiary/aromatic N) is 2. The standard InChI is InChI=1S/C18H15ClN4O4/c19-12-4-1-10(2-5-12)8-21-17(26)13-7-11-3-6-14(20)22-16(11)23(18(13)27)9-15(24)25/h1-7H,8-9H2,(H2,20,22)(H,21,26)(H,24,25). The molecule has 0 aliphatic heterocycles. The summed E-state index contributed by atoms with van der Waals surface area (Å²) in [6.45, 7) is -0.448. The van der Waals surface area contributed by atoms with E-state index in [9.17, 15) is 14.4 Å². The largest absolute Gasteiger partial charge is 0.480 e. The van der Waals surface area contributed by atoms with Crippen molar-refractivity contribution in [3.05, 3.63) is 69.0 Å². The number of carbonyl (C=O) groups is 2. The van der Waals surface area contributed by atoms with Crippen LogP contribution in [0.4, 0.5) is 5.82 Å². The van der Waals surface area contributed by atoms with Crippen molar-refractivity contribution in [3.8, 4) is 0 Å². The molecule has 0 fully saturated rings. The number of hydrogen-bond acceptors (Lipinski definition) is 5. The van der Waals surface area contributed by atoms with Gasteiger partial charge in [-0.15, -0.1) is 0 Å². The number of rotatable bonds is 5. The Kier molecular flexibility index (Phi) is 5.09. The Morgan fingerprint density at radius 1 is 1.19 bits per heavy atom. The second-order valence-corrected chi connectivity index (χ2v) is 6.24. The number of aromatic nitrogens is 2. The summed E-state index contributed by atoms with van der Waals surface area (Å²) in [4.78, 5) is 40.3. The Morgan fingerprint density at radius 3 is 2.56 bits per heavy atom. The summed E-state index contributed by atoms with van der Waals surface area (Å²) >= 11 is 5.82. The molecule has 0 aliphatic carbocycles. The minimum absolute atomic E-state index is 0.108. The van der Waals surface area contributed by atoms with Crippen LogP contribution < -0.4 is 16.6 Å². The number of nitrogens with one attached hydrogen (secondary N) is 1. The Labute approximate surface area is 158 Å². The van der Waals surface area contributed by atoms with Crippen molar-refractivity contribution < 1.29 is 14.7 Å². The molecule has 0 unspecified atom stereocenters. The van der Waals surface area contributed by atoms with Gasteiger partial charge in [-0.2, -0.15) is 0 Å². The highest BCUT2D eigenvalue weighted by Gasteiger charge is 2.18. The summed E-state index contributed by atoms with van der Waals surface area (Å²) in [5.41, 5.74) is 5.61. The van der Waals surface area contributed by atoms with E-state index in [0.717, 1.165) is 10.1 Å². The van der Waals surface area contributed by atoms with E-state index in [1.165, 1.54) is 12.1 Å². The van der Waals surface area contributed by atoms with Crippen molar-refractivity contribution in [2.75, 3.05) is 5.73 Å². The summed E-state index contributed by atoms with van der Waals surface area (Å²) < 4.78 is 0.922. The molecule has 27 heavy (non-hydrogen) atoms. The van der Waals surface area contributed by atoms with Crippen LogP contribution in [-0.4, -0.2) is 26.5 Å². The molecule has 2 heterocycles. The van der Waals surface area contributed by atoms with E-state index in [1.54, 1.807) is 30.3 Å². The molecule has 9 heteroatoms. The Bertz CT molecular complexity index is 1090.